The number of ether oxygens (including phenoxy) is 1. The minimum atomic E-state index is -3.61. The van der Waals surface area contributed by atoms with Crippen LogP contribution < -0.4 is 9.62 Å². The molecule has 1 aliphatic rings. The summed E-state index contributed by atoms with van der Waals surface area (Å²) in [6.07, 6.45) is 0.118. The lowest BCUT2D eigenvalue weighted by Crippen LogP contribution is -2.26. The van der Waals surface area contributed by atoms with Gasteiger partial charge in [0.15, 0.2) is 0 Å². The summed E-state index contributed by atoms with van der Waals surface area (Å²) in [5.41, 5.74) is 1.57. The number of hydrogen-bond acceptors (Lipinski definition) is 4. The van der Waals surface area contributed by atoms with E-state index in [2.05, 4.69) is 4.72 Å². The van der Waals surface area contributed by atoms with Crippen molar-refractivity contribution in [1.82, 2.24) is 4.72 Å². The average Bonchev–Trinajstić information content (AvgIpc) is 3.01. The van der Waals surface area contributed by atoms with Gasteiger partial charge in [-0.3, -0.25) is 4.90 Å². The zero-order valence-electron chi connectivity index (χ0n) is 13.3. The van der Waals surface area contributed by atoms with E-state index in [1.54, 1.807) is 24.3 Å². The summed E-state index contributed by atoms with van der Waals surface area (Å²) in [6, 6.07) is 13.4. The molecule has 2 aromatic carbocycles. The van der Waals surface area contributed by atoms with Crippen molar-refractivity contribution in [2.45, 2.75) is 11.3 Å². The summed E-state index contributed by atoms with van der Waals surface area (Å²) in [7, 11) is -3.61. The molecule has 2 aromatic rings. The molecule has 1 amide bonds. The summed E-state index contributed by atoms with van der Waals surface area (Å²) >= 11 is 5.91. The summed E-state index contributed by atoms with van der Waals surface area (Å²) < 4.78 is 32.1. The summed E-state index contributed by atoms with van der Waals surface area (Å²) in [4.78, 5) is 13.1. The lowest BCUT2D eigenvalue weighted by atomic mass is 10.2. The van der Waals surface area contributed by atoms with Crippen LogP contribution in [0.15, 0.2) is 53.4 Å². The SMILES string of the molecule is O=C1OCCN1c1ccc(S(=O)(=O)NCCc2cccc(Cl)c2)cc1. The first-order valence-corrected chi connectivity index (χ1v) is 9.60. The van der Waals surface area contributed by atoms with E-state index in [4.69, 9.17) is 16.3 Å². The number of halogens is 1. The van der Waals surface area contributed by atoms with Crippen LogP contribution in [0.25, 0.3) is 0 Å². The molecule has 132 valence electrons. The first-order chi connectivity index (χ1) is 12.0. The van der Waals surface area contributed by atoms with Crippen LogP contribution in [-0.2, 0) is 21.2 Å². The van der Waals surface area contributed by atoms with Crippen molar-refractivity contribution in [3.05, 3.63) is 59.1 Å². The van der Waals surface area contributed by atoms with Gasteiger partial charge in [0.05, 0.1) is 11.4 Å². The highest BCUT2D eigenvalue weighted by molar-refractivity contribution is 7.89. The molecule has 1 aliphatic heterocycles. The van der Waals surface area contributed by atoms with Gasteiger partial charge in [0.1, 0.15) is 6.61 Å². The van der Waals surface area contributed by atoms with E-state index < -0.39 is 16.1 Å². The van der Waals surface area contributed by atoms with Crippen molar-refractivity contribution in [3.63, 3.8) is 0 Å². The highest BCUT2D eigenvalue weighted by Crippen LogP contribution is 2.21. The maximum absolute atomic E-state index is 12.3. The van der Waals surface area contributed by atoms with Crippen molar-refractivity contribution >= 4 is 33.4 Å². The summed E-state index contributed by atoms with van der Waals surface area (Å²) in [5, 5.41) is 0.622. The number of nitrogens with zero attached hydrogens (tertiary/aromatic N) is 1. The van der Waals surface area contributed by atoms with E-state index in [0.717, 1.165) is 5.56 Å². The van der Waals surface area contributed by atoms with E-state index in [0.29, 0.717) is 30.3 Å². The second kappa shape index (κ2) is 7.43. The zero-order valence-corrected chi connectivity index (χ0v) is 14.9. The smallest absolute Gasteiger partial charge is 0.414 e. The van der Waals surface area contributed by atoms with Gasteiger partial charge in [-0.2, -0.15) is 0 Å². The Morgan fingerprint density at radius 2 is 1.92 bits per heavy atom. The molecule has 3 rings (SSSR count). The fraction of sp³-hybridized carbons (Fsp3) is 0.235. The molecule has 0 bridgehead atoms. The number of hydrogen-bond donors (Lipinski definition) is 1. The lowest BCUT2D eigenvalue weighted by Gasteiger charge is -2.13. The highest BCUT2D eigenvalue weighted by Gasteiger charge is 2.24. The molecule has 0 atom stereocenters. The molecule has 0 aromatic heterocycles. The van der Waals surface area contributed by atoms with Crippen molar-refractivity contribution < 1.29 is 17.9 Å². The van der Waals surface area contributed by atoms with E-state index >= 15 is 0 Å². The lowest BCUT2D eigenvalue weighted by molar-refractivity contribution is 0.181. The summed E-state index contributed by atoms with van der Waals surface area (Å²) in [5.74, 6) is 0. The van der Waals surface area contributed by atoms with E-state index in [1.807, 2.05) is 12.1 Å². The molecule has 6 nitrogen and oxygen atoms in total. The quantitative estimate of drug-likeness (QED) is 0.836. The van der Waals surface area contributed by atoms with E-state index in [1.165, 1.54) is 17.0 Å². The molecule has 0 aliphatic carbocycles. The van der Waals surface area contributed by atoms with Crippen LogP contribution in [0.2, 0.25) is 5.02 Å². The predicted octanol–water partition coefficient (Wildman–Crippen LogP) is 2.82. The normalized spacial score (nSPS) is 14.6. The predicted molar refractivity (Wildman–Crippen MR) is 95.5 cm³/mol. The molecule has 8 heteroatoms. The number of nitrogens with one attached hydrogen (secondary N) is 1. The number of rotatable bonds is 6. The van der Waals surface area contributed by atoms with E-state index in [-0.39, 0.29) is 11.4 Å². The Balaban J connectivity index is 1.62. The second-order valence-electron chi connectivity index (χ2n) is 5.54. The highest BCUT2D eigenvalue weighted by atomic mass is 35.5. The largest absolute Gasteiger partial charge is 0.447 e. The van der Waals surface area contributed by atoms with Gasteiger partial charge in [0.25, 0.3) is 0 Å². The van der Waals surface area contributed by atoms with Crippen LogP contribution >= 0.6 is 11.6 Å². The third-order valence-corrected chi connectivity index (χ3v) is 5.53. The summed E-state index contributed by atoms with van der Waals surface area (Å²) in [6.45, 7) is 1.07. The maximum Gasteiger partial charge on any atom is 0.414 e. The number of carbonyl (C=O) groups is 1. The van der Waals surface area contributed by atoms with Gasteiger partial charge in [-0.25, -0.2) is 17.9 Å². The number of carbonyl (C=O) groups excluding carboxylic acids is 1. The molecular weight excluding hydrogens is 364 g/mol. The number of benzene rings is 2. The van der Waals surface area contributed by atoms with E-state index in [9.17, 15) is 13.2 Å². The van der Waals surface area contributed by atoms with Gasteiger partial charge in [0.2, 0.25) is 10.0 Å². The van der Waals surface area contributed by atoms with Gasteiger partial charge in [0, 0.05) is 17.3 Å². The van der Waals surface area contributed by atoms with Crippen LogP contribution in [-0.4, -0.2) is 34.2 Å². The third-order valence-electron chi connectivity index (χ3n) is 3.81. The minimum absolute atomic E-state index is 0.148. The molecular formula is C17H17ClN2O4S. The van der Waals surface area contributed by atoms with Crippen LogP contribution in [0.4, 0.5) is 10.5 Å². The van der Waals surface area contributed by atoms with Crippen molar-refractivity contribution in [2.75, 3.05) is 24.6 Å². The van der Waals surface area contributed by atoms with Gasteiger partial charge in [-0.15, -0.1) is 0 Å². The van der Waals surface area contributed by atoms with Crippen molar-refractivity contribution in [2.24, 2.45) is 0 Å². The van der Waals surface area contributed by atoms with Crippen LogP contribution in [0.3, 0.4) is 0 Å². The average molecular weight is 381 g/mol. The second-order valence-corrected chi connectivity index (χ2v) is 7.74. The molecule has 0 unspecified atom stereocenters. The third kappa shape index (κ3) is 4.31. The molecule has 1 saturated heterocycles. The Morgan fingerprint density at radius 3 is 2.56 bits per heavy atom. The molecule has 0 spiro atoms. The molecule has 25 heavy (non-hydrogen) atoms. The van der Waals surface area contributed by atoms with Gasteiger partial charge in [-0.1, -0.05) is 23.7 Å². The fourth-order valence-electron chi connectivity index (χ4n) is 2.54. The topological polar surface area (TPSA) is 75.7 Å². The van der Waals surface area contributed by atoms with Crippen LogP contribution in [0, 0.1) is 0 Å². The minimum Gasteiger partial charge on any atom is -0.447 e. The first kappa shape index (κ1) is 17.7. The Bertz CT molecular complexity index is 868. The number of sulfonamides is 1. The monoisotopic (exact) mass is 380 g/mol. The molecule has 1 heterocycles. The molecule has 1 N–H and O–H groups in total. The zero-order chi connectivity index (χ0) is 17.9. The van der Waals surface area contributed by atoms with Crippen LogP contribution in [0.1, 0.15) is 5.56 Å². The Labute approximate surface area is 151 Å². The molecule has 0 saturated carbocycles. The first-order valence-electron chi connectivity index (χ1n) is 7.74. The Morgan fingerprint density at radius 1 is 1.16 bits per heavy atom. The molecule has 1 fully saturated rings. The van der Waals surface area contributed by atoms with Gasteiger partial charge in [-0.05, 0) is 48.4 Å². The van der Waals surface area contributed by atoms with Gasteiger partial charge < -0.3 is 4.74 Å². The number of cyclic esters (lactones) is 1. The maximum atomic E-state index is 12.3. The Hall–Kier alpha value is -2.09. The number of anilines is 1. The molecule has 0 radical (unpaired) electrons. The number of amides is 1. The fourth-order valence-corrected chi connectivity index (χ4v) is 3.78. The van der Waals surface area contributed by atoms with Crippen molar-refractivity contribution in [1.29, 1.82) is 0 Å². The van der Waals surface area contributed by atoms with Crippen LogP contribution in [0.5, 0.6) is 0 Å². The Kier molecular flexibility index (Phi) is 5.27. The standard InChI is InChI=1S/C17H17ClN2O4S/c18-14-3-1-2-13(12-14)8-9-19-25(22,23)16-6-4-15(5-7-16)20-10-11-24-17(20)21/h1-7,12,19H,8-11H2. The van der Waals surface area contributed by atoms with Gasteiger partial charge >= 0.3 is 6.09 Å². The van der Waals surface area contributed by atoms with Crippen molar-refractivity contribution in [3.8, 4) is 0 Å².